The highest BCUT2D eigenvalue weighted by Gasteiger charge is 2.21. The molecule has 252 valence electrons. The molecule has 0 unspecified atom stereocenters. The van der Waals surface area contributed by atoms with Gasteiger partial charge in [-0.05, 0) is 106 Å². The van der Waals surface area contributed by atoms with Crippen molar-refractivity contribution in [2.75, 3.05) is 0 Å². The van der Waals surface area contributed by atoms with Gasteiger partial charge < -0.3 is 5.11 Å². The van der Waals surface area contributed by atoms with Crippen LogP contribution in [0.3, 0.4) is 0 Å². The van der Waals surface area contributed by atoms with Crippen LogP contribution in [0.5, 0.6) is 5.88 Å². The molecule has 3 aromatic heterocycles. The fourth-order valence-electron chi connectivity index (χ4n) is 7.12. The summed E-state index contributed by atoms with van der Waals surface area (Å²) in [5.41, 5.74) is 15.1. The van der Waals surface area contributed by atoms with E-state index < -0.39 is 0 Å². The molecule has 0 saturated carbocycles. The zero-order valence-electron chi connectivity index (χ0n) is 29.1. The van der Waals surface area contributed by atoms with E-state index in [1.807, 2.05) is 48.7 Å². The molecule has 3 heterocycles. The van der Waals surface area contributed by atoms with E-state index in [0.29, 0.717) is 11.4 Å². The van der Waals surface area contributed by atoms with E-state index in [2.05, 4.69) is 144 Å². The summed E-state index contributed by atoms with van der Waals surface area (Å²) in [7, 11) is 0. The Morgan fingerprint density at radius 1 is 0.472 bits per heavy atom. The topological polar surface area (TPSA) is 63.8 Å². The second-order valence-electron chi connectivity index (χ2n) is 13.1. The van der Waals surface area contributed by atoms with Gasteiger partial charge in [0.05, 0.1) is 22.3 Å². The number of imidazole rings is 1. The van der Waals surface area contributed by atoms with Gasteiger partial charge in [-0.2, -0.15) is 0 Å². The first-order chi connectivity index (χ1) is 26.1. The number of hydrogen-bond donors (Lipinski definition) is 1. The Morgan fingerprint density at radius 2 is 1.08 bits per heavy atom. The molecule has 0 aliphatic rings. The van der Waals surface area contributed by atoms with Crippen molar-refractivity contribution in [3.05, 3.63) is 188 Å². The molecule has 0 amide bonds. The Bertz CT molecular complexity index is 2720. The van der Waals surface area contributed by atoms with Crippen molar-refractivity contribution in [2.45, 2.75) is 6.92 Å². The normalized spacial score (nSPS) is 11.2. The van der Waals surface area contributed by atoms with E-state index in [4.69, 9.17) is 9.97 Å². The predicted octanol–water partition coefficient (Wildman–Crippen LogP) is 11.8. The number of rotatable bonds is 7. The fourth-order valence-corrected chi connectivity index (χ4v) is 7.12. The van der Waals surface area contributed by atoms with Gasteiger partial charge in [0.2, 0.25) is 5.88 Å². The van der Waals surface area contributed by atoms with E-state index in [9.17, 15) is 5.11 Å². The maximum Gasteiger partial charge on any atom is 0.222 e. The van der Waals surface area contributed by atoms with E-state index in [-0.39, 0.29) is 5.88 Å². The summed E-state index contributed by atoms with van der Waals surface area (Å²) in [5, 5.41) is 10.9. The molecule has 5 heteroatoms. The zero-order valence-corrected chi connectivity index (χ0v) is 29.1. The SMILES string of the molecule is Cc1cnc(-c2cc(-c3ccccc3)cc(-c3cccc4c3nc(-c3cccnc3O)n4-c3ccccc3)c2)cc1-c1ccc(-c2ccccc2)cc1. The molecular weight excluding hydrogens is 649 g/mol. The number of pyridine rings is 2. The van der Waals surface area contributed by atoms with Crippen LogP contribution in [0.15, 0.2) is 182 Å². The van der Waals surface area contributed by atoms with Gasteiger partial charge >= 0.3 is 0 Å². The van der Waals surface area contributed by atoms with Gasteiger partial charge in [0.15, 0.2) is 5.82 Å². The van der Waals surface area contributed by atoms with Crippen LogP contribution in [0.2, 0.25) is 0 Å². The number of hydrogen-bond acceptors (Lipinski definition) is 4. The standard InChI is InChI=1S/C48H34N4O/c1-32-31-50-44(30-43(32)36-24-22-35(23-25-36)33-13-5-2-6-14-33)39-28-37(34-15-7-3-8-16-34)27-38(29-39)41-19-11-21-45-46(41)51-47(42-20-12-26-49-48(42)53)52(45)40-17-9-4-10-18-40/h2-31H,1H3,(H,49,53). The van der Waals surface area contributed by atoms with E-state index in [1.54, 1.807) is 6.20 Å². The molecule has 0 saturated heterocycles. The number of aromatic nitrogens is 4. The van der Waals surface area contributed by atoms with Crippen molar-refractivity contribution in [1.29, 1.82) is 0 Å². The van der Waals surface area contributed by atoms with Crippen LogP contribution >= 0.6 is 0 Å². The number of aryl methyl sites for hydroxylation is 1. The van der Waals surface area contributed by atoms with Gasteiger partial charge in [-0.1, -0.05) is 115 Å². The summed E-state index contributed by atoms with van der Waals surface area (Å²) in [6, 6.07) is 58.6. The number of fused-ring (bicyclic) bond motifs is 1. The van der Waals surface area contributed by atoms with Crippen molar-refractivity contribution in [3.8, 4) is 78.7 Å². The smallest absolute Gasteiger partial charge is 0.222 e. The molecule has 53 heavy (non-hydrogen) atoms. The summed E-state index contributed by atoms with van der Waals surface area (Å²) >= 11 is 0. The van der Waals surface area contributed by atoms with Gasteiger partial charge in [0.25, 0.3) is 0 Å². The minimum Gasteiger partial charge on any atom is -0.493 e. The first kappa shape index (κ1) is 31.8. The molecule has 0 bridgehead atoms. The van der Waals surface area contributed by atoms with Gasteiger partial charge in [0.1, 0.15) is 0 Å². The van der Waals surface area contributed by atoms with Crippen molar-refractivity contribution in [3.63, 3.8) is 0 Å². The minimum absolute atomic E-state index is 0.0640. The highest BCUT2D eigenvalue weighted by molar-refractivity contribution is 5.97. The van der Waals surface area contributed by atoms with E-state index >= 15 is 0 Å². The summed E-state index contributed by atoms with van der Waals surface area (Å²) in [5.74, 6) is 0.553. The molecular formula is C48H34N4O. The molecule has 0 radical (unpaired) electrons. The molecule has 9 aromatic rings. The van der Waals surface area contributed by atoms with E-state index in [0.717, 1.165) is 66.9 Å². The Balaban J connectivity index is 1.22. The minimum atomic E-state index is -0.0640. The summed E-state index contributed by atoms with van der Waals surface area (Å²) in [6.07, 6.45) is 3.56. The van der Waals surface area contributed by atoms with Crippen LogP contribution in [0.4, 0.5) is 0 Å². The molecule has 0 fully saturated rings. The Kier molecular flexibility index (Phi) is 8.14. The lowest BCUT2D eigenvalue weighted by Crippen LogP contribution is -1.97. The number of aromatic hydroxyl groups is 1. The number of nitrogens with zero attached hydrogens (tertiary/aromatic N) is 4. The lowest BCUT2D eigenvalue weighted by Gasteiger charge is -2.14. The summed E-state index contributed by atoms with van der Waals surface area (Å²) < 4.78 is 2.09. The lowest BCUT2D eigenvalue weighted by molar-refractivity contribution is 0.455. The Labute approximate surface area is 308 Å². The summed E-state index contributed by atoms with van der Waals surface area (Å²) in [4.78, 5) is 14.4. The average Bonchev–Trinajstić information content (AvgIpc) is 3.62. The summed E-state index contributed by atoms with van der Waals surface area (Å²) in [6.45, 7) is 2.12. The van der Waals surface area contributed by atoms with E-state index in [1.165, 1.54) is 11.1 Å². The van der Waals surface area contributed by atoms with Crippen molar-refractivity contribution in [1.82, 2.24) is 19.5 Å². The molecule has 0 aliphatic heterocycles. The maximum absolute atomic E-state index is 10.9. The third-order valence-corrected chi connectivity index (χ3v) is 9.78. The maximum atomic E-state index is 10.9. The third kappa shape index (κ3) is 6.04. The van der Waals surface area contributed by atoms with Crippen LogP contribution in [-0.4, -0.2) is 24.6 Å². The van der Waals surface area contributed by atoms with Gasteiger partial charge in [-0.3, -0.25) is 9.55 Å². The molecule has 5 nitrogen and oxygen atoms in total. The lowest BCUT2D eigenvalue weighted by atomic mass is 9.93. The third-order valence-electron chi connectivity index (χ3n) is 9.78. The Morgan fingerprint density at radius 3 is 1.79 bits per heavy atom. The monoisotopic (exact) mass is 682 g/mol. The van der Waals surface area contributed by atoms with Crippen molar-refractivity contribution >= 4 is 11.0 Å². The predicted molar refractivity (Wildman–Crippen MR) is 216 cm³/mol. The van der Waals surface area contributed by atoms with Crippen LogP contribution < -0.4 is 0 Å². The van der Waals surface area contributed by atoms with Crippen LogP contribution in [0, 0.1) is 6.92 Å². The molecule has 9 rings (SSSR count). The first-order valence-corrected chi connectivity index (χ1v) is 17.7. The highest BCUT2D eigenvalue weighted by Crippen LogP contribution is 2.40. The van der Waals surface area contributed by atoms with Crippen molar-refractivity contribution in [2.24, 2.45) is 0 Å². The van der Waals surface area contributed by atoms with Crippen molar-refractivity contribution < 1.29 is 5.11 Å². The second kappa shape index (κ2) is 13.5. The van der Waals surface area contributed by atoms with Crippen LogP contribution in [-0.2, 0) is 0 Å². The molecule has 0 spiro atoms. The second-order valence-corrected chi connectivity index (χ2v) is 13.1. The fraction of sp³-hybridized carbons (Fsp3) is 0.0208. The Hall–Kier alpha value is -7.11. The van der Waals surface area contributed by atoms with Gasteiger partial charge in [-0.15, -0.1) is 0 Å². The number of benzene rings is 6. The number of para-hydroxylation sites is 2. The van der Waals surface area contributed by atoms with Crippen LogP contribution in [0.1, 0.15) is 5.56 Å². The zero-order chi connectivity index (χ0) is 35.7. The van der Waals surface area contributed by atoms with Gasteiger partial charge in [0, 0.05) is 29.2 Å². The average molecular weight is 683 g/mol. The van der Waals surface area contributed by atoms with Crippen LogP contribution in [0.25, 0.3) is 83.9 Å². The molecule has 0 atom stereocenters. The van der Waals surface area contributed by atoms with Gasteiger partial charge in [-0.25, -0.2) is 9.97 Å². The highest BCUT2D eigenvalue weighted by atomic mass is 16.3. The molecule has 0 aliphatic carbocycles. The molecule has 1 N–H and O–H groups in total. The molecule has 6 aromatic carbocycles. The first-order valence-electron chi connectivity index (χ1n) is 17.7. The largest absolute Gasteiger partial charge is 0.493 e. The quantitative estimate of drug-likeness (QED) is 0.182.